The summed E-state index contributed by atoms with van der Waals surface area (Å²) < 4.78 is 0. The number of nitrogens with zero attached hydrogens (tertiary/aromatic N) is 4. The van der Waals surface area contributed by atoms with Gasteiger partial charge in [0, 0.05) is 51.6 Å². The van der Waals surface area contributed by atoms with Crippen LogP contribution in [-0.2, 0) is 6.42 Å². The Bertz CT molecular complexity index is 820. The molecule has 0 spiro atoms. The van der Waals surface area contributed by atoms with Crippen LogP contribution in [0.25, 0.3) is 5.57 Å². The van der Waals surface area contributed by atoms with Gasteiger partial charge in [-0.3, -0.25) is 4.99 Å². The summed E-state index contributed by atoms with van der Waals surface area (Å²) in [5.74, 6) is 0.985. The van der Waals surface area contributed by atoms with Crippen LogP contribution in [0.2, 0.25) is 0 Å². The first-order chi connectivity index (χ1) is 13.8. The summed E-state index contributed by atoms with van der Waals surface area (Å²) in [5.41, 5.74) is 3.95. The lowest BCUT2D eigenvalue weighted by Crippen LogP contribution is -2.44. The predicted molar refractivity (Wildman–Crippen MR) is 119 cm³/mol. The van der Waals surface area contributed by atoms with Crippen molar-refractivity contribution in [3.8, 4) is 0 Å². The molecule has 1 N–H and O–H groups in total. The standard InChI is InChI=1S/C22H29N5S/c1-23-21(26-15-10-19(11-16-26)18-7-3-2-4-8-18)24-12-9-20-17-28-22(25-20)27-13-5-6-14-27/h2-4,7-8,10,17H,5-6,9,11-16H2,1H3,(H,23,24). The van der Waals surface area contributed by atoms with Crippen LogP contribution in [0.4, 0.5) is 5.13 Å². The molecule has 2 aliphatic heterocycles. The van der Waals surface area contributed by atoms with E-state index in [1.165, 1.54) is 34.8 Å². The molecule has 1 aromatic carbocycles. The van der Waals surface area contributed by atoms with Gasteiger partial charge in [0.25, 0.3) is 0 Å². The number of nitrogens with one attached hydrogen (secondary N) is 1. The van der Waals surface area contributed by atoms with Crippen LogP contribution >= 0.6 is 11.3 Å². The molecule has 1 aromatic heterocycles. The van der Waals surface area contributed by atoms with Gasteiger partial charge >= 0.3 is 0 Å². The number of benzene rings is 1. The lowest BCUT2D eigenvalue weighted by molar-refractivity contribution is 0.440. The number of aromatic nitrogens is 1. The summed E-state index contributed by atoms with van der Waals surface area (Å²) in [5, 5.41) is 6.91. The Morgan fingerprint density at radius 2 is 2.00 bits per heavy atom. The van der Waals surface area contributed by atoms with Crippen LogP contribution in [0, 0.1) is 0 Å². The molecule has 4 rings (SSSR count). The second kappa shape index (κ2) is 9.24. The summed E-state index contributed by atoms with van der Waals surface area (Å²) in [6.45, 7) is 5.08. The van der Waals surface area contributed by atoms with E-state index >= 15 is 0 Å². The van der Waals surface area contributed by atoms with E-state index in [4.69, 9.17) is 4.98 Å². The molecular formula is C22H29N5S. The van der Waals surface area contributed by atoms with Gasteiger partial charge in [-0.1, -0.05) is 36.4 Å². The monoisotopic (exact) mass is 395 g/mol. The molecule has 0 aliphatic carbocycles. The van der Waals surface area contributed by atoms with Gasteiger partial charge in [0.05, 0.1) is 5.69 Å². The highest BCUT2D eigenvalue weighted by molar-refractivity contribution is 7.13. The molecule has 0 amide bonds. The minimum Gasteiger partial charge on any atom is -0.356 e. The van der Waals surface area contributed by atoms with Gasteiger partial charge in [-0.15, -0.1) is 11.3 Å². The van der Waals surface area contributed by atoms with Crippen LogP contribution in [0.15, 0.2) is 46.8 Å². The summed E-state index contributed by atoms with van der Waals surface area (Å²) in [6, 6.07) is 10.7. The molecular weight excluding hydrogens is 366 g/mol. The number of guanidine groups is 1. The Morgan fingerprint density at radius 3 is 2.71 bits per heavy atom. The minimum atomic E-state index is 0.863. The average molecular weight is 396 g/mol. The Hall–Kier alpha value is -2.34. The molecule has 1 saturated heterocycles. The lowest BCUT2D eigenvalue weighted by Gasteiger charge is -2.29. The summed E-state index contributed by atoms with van der Waals surface area (Å²) >= 11 is 1.78. The van der Waals surface area contributed by atoms with Crippen molar-refractivity contribution in [2.24, 2.45) is 4.99 Å². The molecule has 2 aliphatic rings. The molecule has 5 nitrogen and oxygen atoms in total. The van der Waals surface area contributed by atoms with Crippen molar-refractivity contribution in [3.63, 3.8) is 0 Å². The second-order valence-electron chi connectivity index (χ2n) is 7.33. The third kappa shape index (κ3) is 4.55. The molecule has 148 valence electrons. The van der Waals surface area contributed by atoms with E-state index in [-0.39, 0.29) is 0 Å². The average Bonchev–Trinajstić information content (AvgIpc) is 3.44. The highest BCUT2D eigenvalue weighted by Crippen LogP contribution is 2.24. The Morgan fingerprint density at radius 1 is 1.18 bits per heavy atom. The summed E-state index contributed by atoms with van der Waals surface area (Å²) in [6.07, 6.45) is 6.90. The molecule has 6 heteroatoms. The Kier molecular flexibility index (Phi) is 6.27. The van der Waals surface area contributed by atoms with Gasteiger partial charge in [-0.2, -0.15) is 0 Å². The van der Waals surface area contributed by atoms with Crippen molar-refractivity contribution >= 4 is 28.0 Å². The largest absolute Gasteiger partial charge is 0.356 e. The predicted octanol–water partition coefficient (Wildman–Crippen LogP) is 3.65. The lowest BCUT2D eigenvalue weighted by atomic mass is 10.00. The first kappa shape index (κ1) is 19.0. The highest BCUT2D eigenvalue weighted by Gasteiger charge is 2.17. The van der Waals surface area contributed by atoms with Gasteiger partial charge in [-0.05, 0) is 30.4 Å². The van der Waals surface area contributed by atoms with Crippen LogP contribution in [0.1, 0.15) is 30.5 Å². The molecule has 0 unspecified atom stereocenters. The van der Waals surface area contributed by atoms with Crippen molar-refractivity contribution in [3.05, 3.63) is 53.0 Å². The van der Waals surface area contributed by atoms with E-state index in [1.54, 1.807) is 11.3 Å². The zero-order valence-corrected chi connectivity index (χ0v) is 17.4. The first-order valence-electron chi connectivity index (χ1n) is 10.2. The highest BCUT2D eigenvalue weighted by atomic mass is 32.1. The summed E-state index contributed by atoms with van der Waals surface area (Å²) in [4.78, 5) is 14.0. The van der Waals surface area contributed by atoms with Gasteiger partial charge in [0.15, 0.2) is 11.1 Å². The molecule has 28 heavy (non-hydrogen) atoms. The van der Waals surface area contributed by atoms with E-state index in [2.05, 4.69) is 61.9 Å². The topological polar surface area (TPSA) is 43.8 Å². The van der Waals surface area contributed by atoms with Gasteiger partial charge in [0.1, 0.15) is 0 Å². The van der Waals surface area contributed by atoms with E-state index in [0.29, 0.717) is 0 Å². The quantitative estimate of drug-likeness (QED) is 0.620. The summed E-state index contributed by atoms with van der Waals surface area (Å²) in [7, 11) is 1.87. The number of hydrogen-bond donors (Lipinski definition) is 1. The molecule has 2 aromatic rings. The number of thiazole rings is 1. The zero-order chi connectivity index (χ0) is 19.2. The maximum atomic E-state index is 4.81. The molecule has 0 bridgehead atoms. The number of rotatable bonds is 5. The number of anilines is 1. The van der Waals surface area contributed by atoms with Crippen molar-refractivity contribution in [1.82, 2.24) is 15.2 Å². The Balaban J connectivity index is 1.27. The van der Waals surface area contributed by atoms with Crippen molar-refractivity contribution in [2.75, 3.05) is 44.7 Å². The van der Waals surface area contributed by atoms with Gasteiger partial charge < -0.3 is 15.1 Å². The Labute approximate surface area is 171 Å². The molecule has 1 fully saturated rings. The molecule has 3 heterocycles. The van der Waals surface area contributed by atoms with Crippen molar-refractivity contribution in [1.29, 1.82) is 0 Å². The van der Waals surface area contributed by atoms with Crippen LogP contribution < -0.4 is 10.2 Å². The minimum absolute atomic E-state index is 0.863. The fourth-order valence-electron chi connectivity index (χ4n) is 3.88. The fourth-order valence-corrected chi connectivity index (χ4v) is 4.79. The second-order valence-corrected chi connectivity index (χ2v) is 8.17. The van der Waals surface area contributed by atoms with Crippen molar-refractivity contribution < 1.29 is 0 Å². The molecule has 0 radical (unpaired) electrons. The van der Waals surface area contributed by atoms with E-state index < -0.39 is 0 Å². The van der Waals surface area contributed by atoms with Gasteiger partial charge in [0.2, 0.25) is 0 Å². The number of aliphatic imine (C=N–C) groups is 1. The van der Waals surface area contributed by atoms with Crippen LogP contribution in [0.3, 0.4) is 0 Å². The SMILES string of the molecule is CN=C(NCCc1csc(N2CCCC2)n1)N1CC=C(c2ccccc2)CC1. The maximum absolute atomic E-state index is 4.81. The van der Waals surface area contributed by atoms with Crippen molar-refractivity contribution in [2.45, 2.75) is 25.7 Å². The maximum Gasteiger partial charge on any atom is 0.193 e. The van der Waals surface area contributed by atoms with E-state index in [1.807, 2.05) is 7.05 Å². The number of hydrogen-bond acceptors (Lipinski definition) is 4. The zero-order valence-electron chi connectivity index (χ0n) is 16.6. The molecule has 0 saturated carbocycles. The third-order valence-corrected chi connectivity index (χ3v) is 6.40. The smallest absolute Gasteiger partial charge is 0.193 e. The van der Waals surface area contributed by atoms with Gasteiger partial charge in [-0.25, -0.2) is 4.98 Å². The van der Waals surface area contributed by atoms with E-state index in [0.717, 1.165) is 51.5 Å². The van der Waals surface area contributed by atoms with Crippen LogP contribution in [-0.4, -0.2) is 55.6 Å². The normalized spacial score (nSPS) is 17.8. The molecule has 0 atom stereocenters. The van der Waals surface area contributed by atoms with E-state index in [9.17, 15) is 0 Å². The third-order valence-electron chi connectivity index (χ3n) is 5.45. The first-order valence-corrected chi connectivity index (χ1v) is 11.1. The van der Waals surface area contributed by atoms with Crippen LogP contribution in [0.5, 0.6) is 0 Å². The fraction of sp³-hybridized carbons (Fsp3) is 0.455.